The maximum absolute atomic E-state index is 12.1. The van der Waals surface area contributed by atoms with Gasteiger partial charge in [0.15, 0.2) is 5.52 Å². The normalized spacial score (nSPS) is 13.1. The second-order valence-corrected chi connectivity index (χ2v) is 4.46. The van der Waals surface area contributed by atoms with Gasteiger partial charge in [0.1, 0.15) is 5.65 Å². The minimum Gasteiger partial charge on any atom is -0.291 e. The van der Waals surface area contributed by atoms with E-state index < -0.39 is 11.2 Å². The average molecular weight is 252 g/mol. The van der Waals surface area contributed by atoms with E-state index in [1.165, 1.54) is 23.2 Å². The van der Waals surface area contributed by atoms with Gasteiger partial charge in [-0.1, -0.05) is 6.92 Å². The first kappa shape index (κ1) is 12.4. The number of hydrogen-bond donors (Lipinski definition) is 1. The van der Waals surface area contributed by atoms with Gasteiger partial charge in [-0.05, 0) is 13.3 Å². The minimum absolute atomic E-state index is 0.101. The van der Waals surface area contributed by atoms with Crippen LogP contribution in [0.3, 0.4) is 0 Å². The van der Waals surface area contributed by atoms with Crippen LogP contribution in [0.5, 0.6) is 0 Å². The van der Waals surface area contributed by atoms with Crippen LogP contribution in [-0.4, -0.2) is 18.7 Å². The van der Waals surface area contributed by atoms with Gasteiger partial charge in [0.25, 0.3) is 5.56 Å². The maximum Gasteiger partial charge on any atom is 0.332 e. The molecule has 2 heterocycles. The first-order valence-electron chi connectivity index (χ1n) is 5.80. The monoisotopic (exact) mass is 252 g/mol. The predicted octanol–water partition coefficient (Wildman–Crippen LogP) is -0.302. The summed E-state index contributed by atoms with van der Waals surface area (Å²) < 4.78 is 3.70. The first-order valence-corrected chi connectivity index (χ1v) is 5.80. The number of rotatable bonds is 2. The number of imidazole rings is 1. The van der Waals surface area contributed by atoms with Crippen LogP contribution in [0, 0.1) is 0 Å². The summed E-state index contributed by atoms with van der Waals surface area (Å²) in [4.78, 5) is 38.4. The standard InChI is InChI=1S/C11H16N4O3/c1-5-6(2)15-7-8(12-10(15)17)13(3)11(18)14(4)9(7)16/h6H,5H2,1-4H3,(H,12,17)/t6-/m0/s1. The second kappa shape index (κ2) is 4.01. The topological polar surface area (TPSA) is 81.8 Å². The molecule has 0 amide bonds. The van der Waals surface area contributed by atoms with Crippen molar-refractivity contribution < 1.29 is 0 Å². The van der Waals surface area contributed by atoms with Crippen LogP contribution in [0.4, 0.5) is 0 Å². The third kappa shape index (κ3) is 1.47. The molecule has 0 bridgehead atoms. The van der Waals surface area contributed by atoms with Crippen molar-refractivity contribution in [1.82, 2.24) is 18.7 Å². The van der Waals surface area contributed by atoms with E-state index in [0.717, 1.165) is 11.0 Å². The van der Waals surface area contributed by atoms with Gasteiger partial charge in [-0.3, -0.25) is 23.5 Å². The molecule has 18 heavy (non-hydrogen) atoms. The van der Waals surface area contributed by atoms with Crippen molar-refractivity contribution in [3.63, 3.8) is 0 Å². The highest BCUT2D eigenvalue weighted by molar-refractivity contribution is 5.70. The number of aromatic amines is 1. The molecule has 7 nitrogen and oxygen atoms in total. The number of H-pyrrole nitrogens is 1. The fourth-order valence-electron chi connectivity index (χ4n) is 2.05. The average Bonchev–Trinajstić information content (AvgIpc) is 2.70. The van der Waals surface area contributed by atoms with Gasteiger partial charge < -0.3 is 0 Å². The summed E-state index contributed by atoms with van der Waals surface area (Å²) in [6.45, 7) is 3.79. The number of nitrogens with zero attached hydrogens (tertiary/aromatic N) is 3. The van der Waals surface area contributed by atoms with Crippen LogP contribution in [0.25, 0.3) is 11.2 Å². The van der Waals surface area contributed by atoms with E-state index in [0.29, 0.717) is 0 Å². The lowest BCUT2D eigenvalue weighted by Gasteiger charge is -2.11. The van der Waals surface area contributed by atoms with E-state index in [-0.39, 0.29) is 22.9 Å². The van der Waals surface area contributed by atoms with Gasteiger partial charge in [-0.15, -0.1) is 0 Å². The van der Waals surface area contributed by atoms with Crippen LogP contribution in [0.15, 0.2) is 14.4 Å². The highest BCUT2D eigenvalue weighted by Gasteiger charge is 2.18. The van der Waals surface area contributed by atoms with Crippen molar-refractivity contribution >= 4 is 11.2 Å². The molecule has 7 heteroatoms. The van der Waals surface area contributed by atoms with Gasteiger partial charge in [0.05, 0.1) is 0 Å². The molecule has 0 radical (unpaired) electrons. The molecule has 2 aromatic heterocycles. The number of fused-ring (bicyclic) bond motifs is 1. The Kier molecular flexibility index (Phi) is 2.76. The molecule has 0 aliphatic rings. The molecule has 0 aromatic carbocycles. The van der Waals surface area contributed by atoms with Gasteiger partial charge in [-0.25, -0.2) is 9.59 Å². The highest BCUT2D eigenvalue weighted by atomic mass is 16.2. The van der Waals surface area contributed by atoms with Crippen molar-refractivity contribution in [1.29, 1.82) is 0 Å². The fourth-order valence-corrected chi connectivity index (χ4v) is 2.05. The Hall–Kier alpha value is -2.05. The summed E-state index contributed by atoms with van der Waals surface area (Å²) in [5.74, 6) is 0. The molecule has 0 saturated carbocycles. The summed E-state index contributed by atoms with van der Waals surface area (Å²) in [5.41, 5.74) is -0.748. The van der Waals surface area contributed by atoms with E-state index in [1.807, 2.05) is 13.8 Å². The molecule has 1 N–H and O–H groups in total. The van der Waals surface area contributed by atoms with Crippen molar-refractivity contribution in [2.24, 2.45) is 14.1 Å². The Balaban J connectivity index is 3.09. The Morgan fingerprint density at radius 1 is 1.17 bits per heavy atom. The number of hydrogen-bond acceptors (Lipinski definition) is 3. The molecule has 1 atom stereocenters. The molecule has 98 valence electrons. The van der Waals surface area contributed by atoms with Crippen molar-refractivity contribution in [2.75, 3.05) is 0 Å². The van der Waals surface area contributed by atoms with E-state index in [9.17, 15) is 14.4 Å². The van der Waals surface area contributed by atoms with E-state index in [1.54, 1.807) is 0 Å². The molecule has 2 aromatic rings. The predicted molar refractivity (Wildman–Crippen MR) is 68.0 cm³/mol. The lowest BCUT2D eigenvalue weighted by molar-refractivity contribution is 0.527. The van der Waals surface area contributed by atoms with E-state index in [2.05, 4.69) is 4.98 Å². The number of aromatic nitrogens is 4. The number of aryl methyl sites for hydroxylation is 1. The molecular formula is C11H16N4O3. The van der Waals surface area contributed by atoms with Crippen LogP contribution in [0.1, 0.15) is 26.3 Å². The minimum atomic E-state index is -0.454. The number of nitrogens with one attached hydrogen (secondary N) is 1. The Morgan fingerprint density at radius 3 is 2.33 bits per heavy atom. The van der Waals surface area contributed by atoms with Crippen LogP contribution >= 0.6 is 0 Å². The lowest BCUT2D eigenvalue weighted by Crippen LogP contribution is -2.38. The largest absolute Gasteiger partial charge is 0.332 e. The van der Waals surface area contributed by atoms with Crippen molar-refractivity contribution in [3.05, 3.63) is 31.3 Å². The van der Waals surface area contributed by atoms with Crippen molar-refractivity contribution in [3.8, 4) is 0 Å². The zero-order valence-electron chi connectivity index (χ0n) is 10.9. The maximum atomic E-state index is 12.1. The van der Waals surface area contributed by atoms with E-state index >= 15 is 0 Å². The van der Waals surface area contributed by atoms with Crippen LogP contribution in [-0.2, 0) is 14.1 Å². The van der Waals surface area contributed by atoms with Gasteiger partial charge >= 0.3 is 11.4 Å². The molecular weight excluding hydrogens is 236 g/mol. The zero-order valence-corrected chi connectivity index (χ0v) is 10.9. The van der Waals surface area contributed by atoms with Gasteiger partial charge in [0.2, 0.25) is 0 Å². The molecule has 0 fully saturated rings. The smallest absolute Gasteiger partial charge is 0.291 e. The van der Waals surface area contributed by atoms with Gasteiger partial charge in [0, 0.05) is 20.1 Å². The summed E-state index contributed by atoms with van der Waals surface area (Å²) in [5, 5.41) is 0. The second-order valence-electron chi connectivity index (χ2n) is 4.46. The molecule has 0 aliphatic heterocycles. The molecule has 0 unspecified atom stereocenters. The Bertz CT molecular complexity index is 774. The molecule has 0 saturated heterocycles. The lowest BCUT2D eigenvalue weighted by atomic mass is 10.2. The van der Waals surface area contributed by atoms with Gasteiger partial charge in [-0.2, -0.15) is 0 Å². The Labute approximate surface area is 102 Å². The SMILES string of the molecule is CC[C@H](C)n1c(=O)[nH]c2c1c(=O)n(C)c(=O)n2C. The molecule has 0 aliphatic carbocycles. The first-order chi connectivity index (χ1) is 8.40. The highest BCUT2D eigenvalue weighted by Crippen LogP contribution is 2.12. The summed E-state index contributed by atoms with van der Waals surface area (Å²) in [6, 6.07) is -0.101. The summed E-state index contributed by atoms with van der Waals surface area (Å²) in [7, 11) is 2.93. The molecule has 2 rings (SSSR count). The summed E-state index contributed by atoms with van der Waals surface area (Å²) >= 11 is 0. The van der Waals surface area contributed by atoms with Crippen LogP contribution < -0.4 is 16.9 Å². The fraction of sp³-hybridized carbons (Fsp3) is 0.545. The van der Waals surface area contributed by atoms with Crippen molar-refractivity contribution in [2.45, 2.75) is 26.3 Å². The third-order valence-corrected chi connectivity index (χ3v) is 3.36. The zero-order chi connectivity index (χ0) is 13.6. The summed E-state index contributed by atoms with van der Waals surface area (Å²) in [6.07, 6.45) is 0.721. The van der Waals surface area contributed by atoms with E-state index in [4.69, 9.17) is 0 Å². The quantitative estimate of drug-likeness (QED) is 0.796. The third-order valence-electron chi connectivity index (χ3n) is 3.36. The molecule has 0 spiro atoms. The van der Waals surface area contributed by atoms with Crippen LogP contribution in [0.2, 0.25) is 0 Å². The Morgan fingerprint density at radius 2 is 1.78 bits per heavy atom.